The quantitative estimate of drug-likeness (QED) is 0.315. The van der Waals surface area contributed by atoms with E-state index in [9.17, 15) is 8.42 Å². The van der Waals surface area contributed by atoms with Crippen LogP contribution in [0.1, 0.15) is 5.56 Å². The van der Waals surface area contributed by atoms with Gasteiger partial charge in [-0.15, -0.1) is 11.3 Å². The minimum atomic E-state index is -3.45. The molecular formula is C23H17Cl2NO2S2. The highest BCUT2D eigenvalue weighted by atomic mass is 35.5. The molecule has 0 saturated heterocycles. The van der Waals surface area contributed by atoms with Gasteiger partial charge in [0, 0.05) is 22.4 Å². The Morgan fingerprint density at radius 1 is 0.867 bits per heavy atom. The lowest BCUT2D eigenvalue weighted by molar-refractivity contribution is 0.602. The maximum atomic E-state index is 12.4. The van der Waals surface area contributed by atoms with Gasteiger partial charge in [-0.05, 0) is 36.2 Å². The van der Waals surface area contributed by atoms with Gasteiger partial charge in [0.2, 0.25) is 0 Å². The third kappa shape index (κ3) is 4.03. The van der Waals surface area contributed by atoms with Crippen LogP contribution in [0.4, 0.5) is 0 Å². The van der Waals surface area contributed by atoms with Gasteiger partial charge < -0.3 is 0 Å². The van der Waals surface area contributed by atoms with Crippen molar-refractivity contribution in [3.8, 4) is 32.3 Å². The van der Waals surface area contributed by atoms with Gasteiger partial charge >= 0.3 is 0 Å². The van der Waals surface area contributed by atoms with Gasteiger partial charge in [-0.25, -0.2) is 13.4 Å². The summed E-state index contributed by atoms with van der Waals surface area (Å²) in [6, 6.07) is 20.2. The van der Waals surface area contributed by atoms with Crippen molar-refractivity contribution in [3.63, 3.8) is 0 Å². The summed E-state index contributed by atoms with van der Waals surface area (Å²) in [6.45, 7) is 1.94. The molecule has 0 radical (unpaired) electrons. The Labute approximate surface area is 189 Å². The summed E-state index contributed by atoms with van der Waals surface area (Å²) in [4.78, 5) is 5.91. The molecule has 3 nitrogen and oxygen atoms in total. The standard InChI is InChI=1S/C23H17Cl2NO2S2/c1-14-11-12-15(13-19(14)25)22-21(17-8-4-6-10-20(17)30(2,27)28)26-23(29-22)16-7-3-5-9-18(16)24/h3-13H,1-2H3. The Bertz CT molecular complexity index is 1360. The van der Waals surface area contributed by atoms with E-state index < -0.39 is 9.84 Å². The molecule has 0 fully saturated rings. The average Bonchev–Trinajstić information content (AvgIpc) is 3.15. The summed E-state index contributed by atoms with van der Waals surface area (Å²) in [7, 11) is -3.45. The molecule has 152 valence electrons. The Kier molecular flexibility index (Phi) is 5.73. The van der Waals surface area contributed by atoms with E-state index in [2.05, 4.69) is 0 Å². The third-order valence-electron chi connectivity index (χ3n) is 4.71. The zero-order chi connectivity index (χ0) is 21.5. The van der Waals surface area contributed by atoms with Crippen molar-refractivity contribution in [2.45, 2.75) is 11.8 Å². The molecule has 0 spiro atoms. The number of benzene rings is 3. The number of aryl methyl sites for hydroxylation is 1. The van der Waals surface area contributed by atoms with Gasteiger partial charge in [0.25, 0.3) is 0 Å². The zero-order valence-corrected chi connectivity index (χ0v) is 19.3. The molecule has 1 aromatic heterocycles. The summed E-state index contributed by atoms with van der Waals surface area (Å²) in [6.07, 6.45) is 1.20. The van der Waals surface area contributed by atoms with Gasteiger partial charge in [-0.2, -0.15) is 0 Å². The van der Waals surface area contributed by atoms with Gasteiger partial charge in [0.15, 0.2) is 9.84 Å². The van der Waals surface area contributed by atoms with E-state index in [0.717, 1.165) is 21.6 Å². The fourth-order valence-electron chi connectivity index (χ4n) is 3.17. The van der Waals surface area contributed by atoms with Crippen LogP contribution in [0.3, 0.4) is 0 Å². The zero-order valence-electron chi connectivity index (χ0n) is 16.2. The van der Waals surface area contributed by atoms with Gasteiger partial charge in [0.1, 0.15) is 5.01 Å². The van der Waals surface area contributed by atoms with E-state index in [1.807, 2.05) is 55.5 Å². The number of rotatable bonds is 4. The molecule has 1 heterocycles. The van der Waals surface area contributed by atoms with E-state index in [4.69, 9.17) is 28.2 Å². The second-order valence-electron chi connectivity index (χ2n) is 6.91. The molecule has 4 aromatic rings. The molecule has 0 aliphatic heterocycles. The van der Waals surface area contributed by atoms with Crippen LogP contribution in [0.15, 0.2) is 71.6 Å². The van der Waals surface area contributed by atoms with Gasteiger partial charge in [-0.3, -0.25) is 0 Å². The van der Waals surface area contributed by atoms with Crippen LogP contribution < -0.4 is 0 Å². The number of thiazole rings is 1. The highest BCUT2D eigenvalue weighted by Crippen LogP contribution is 2.44. The molecule has 0 bridgehead atoms. The lowest BCUT2D eigenvalue weighted by Gasteiger charge is -2.09. The van der Waals surface area contributed by atoms with Crippen molar-refractivity contribution in [1.82, 2.24) is 4.98 Å². The first-order valence-electron chi connectivity index (χ1n) is 9.07. The van der Waals surface area contributed by atoms with Crippen molar-refractivity contribution in [2.75, 3.05) is 6.26 Å². The van der Waals surface area contributed by atoms with Crippen LogP contribution in [0, 0.1) is 6.92 Å². The van der Waals surface area contributed by atoms with E-state index in [1.165, 1.54) is 17.6 Å². The predicted molar refractivity (Wildman–Crippen MR) is 126 cm³/mol. The van der Waals surface area contributed by atoms with Crippen LogP contribution >= 0.6 is 34.5 Å². The topological polar surface area (TPSA) is 47.0 Å². The number of hydrogen-bond acceptors (Lipinski definition) is 4. The fourth-order valence-corrected chi connectivity index (χ4v) is 5.63. The monoisotopic (exact) mass is 473 g/mol. The van der Waals surface area contributed by atoms with E-state index >= 15 is 0 Å². The molecule has 0 unspecified atom stereocenters. The molecule has 0 amide bonds. The van der Waals surface area contributed by atoms with E-state index in [-0.39, 0.29) is 4.90 Å². The van der Waals surface area contributed by atoms with Crippen molar-refractivity contribution in [2.24, 2.45) is 0 Å². The normalized spacial score (nSPS) is 11.6. The molecular weight excluding hydrogens is 457 g/mol. The molecule has 3 aromatic carbocycles. The summed E-state index contributed by atoms with van der Waals surface area (Å²) >= 11 is 14.3. The van der Waals surface area contributed by atoms with Crippen molar-refractivity contribution in [3.05, 3.63) is 82.3 Å². The molecule has 4 rings (SSSR count). The maximum Gasteiger partial charge on any atom is 0.176 e. The number of hydrogen-bond donors (Lipinski definition) is 0. The lowest BCUT2D eigenvalue weighted by Crippen LogP contribution is -2.00. The first-order chi connectivity index (χ1) is 14.3. The van der Waals surface area contributed by atoms with Crippen LogP contribution in [0.5, 0.6) is 0 Å². The Hall–Kier alpha value is -2.18. The third-order valence-corrected chi connectivity index (χ3v) is 7.74. The van der Waals surface area contributed by atoms with Crippen LogP contribution in [0.2, 0.25) is 10.0 Å². The summed E-state index contributed by atoms with van der Waals surface area (Å²) < 4.78 is 24.9. The highest BCUT2D eigenvalue weighted by molar-refractivity contribution is 7.90. The average molecular weight is 474 g/mol. The second-order valence-corrected chi connectivity index (χ2v) is 10.7. The van der Waals surface area contributed by atoms with Crippen LogP contribution in [0.25, 0.3) is 32.3 Å². The number of halogens is 2. The van der Waals surface area contributed by atoms with Gasteiger partial charge in [0.05, 0.1) is 20.5 Å². The highest BCUT2D eigenvalue weighted by Gasteiger charge is 2.22. The number of nitrogens with zero attached hydrogens (tertiary/aromatic N) is 1. The lowest BCUT2D eigenvalue weighted by atomic mass is 10.1. The number of aromatic nitrogens is 1. The van der Waals surface area contributed by atoms with Crippen molar-refractivity contribution >= 4 is 44.4 Å². The molecule has 0 aliphatic rings. The fraction of sp³-hybridized carbons (Fsp3) is 0.0870. The summed E-state index contributed by atoms with van der Waals surface area (Å²) in [5.41, 5.74) is 3.79. The van der Waals surface area contributed by atoms with Crippen molar-refractivity contribution < 1.29 is 8.42 Å². The molecule has 30 heavy (non-hydrogen) atoms. The minimum absolute atomic E-state index is 0.237. The number of sulfone groups is 1. The molecule has 0 saturated carbocycles. The maximum absolute atomic E-state index is 12.4. The predicted octanol–water partition coefficient (Wildman–Crippen LogP) is 7.16. The SMILES string of the molecule is Cc1ccc(-c2sc(-c3ccccc3Cl)nc2-c2ccccc2S(C)(=O)=O)cc1Cl. The summed E-state index contributed by atoms with van der Waals surface area (Å²) in [5.74, 6) is 0. The Morgan fingerprint density at radius 3 is 2.20 bits per heavy atom. The molecule has 0 atom stereocenters. The largest absolute Gasteiger partial charge is 0.235 e. The molecule has 0 aliphatic carbocycles. The van der Waals surface area contributed by atoms with Crippen LogP contribution in [-0.4, -0.2) is 19.7 Å². The van der Waals surface area contributed by atoms with E-state index in [0.29, 0.717) is 26.3 Å². The van der Waals surface area contributed by atoms with Crippen molar-refractivity contribution in [1.29, 1.82) is 0 Å². The molecule has 7 heteroatoms. The smallest absolute Gasteiger partial charge is 0.176 e. The minimum Gasteiger partial charge on any atom is -0.235 e. The van der Waals surface area contributed by atoms with Gasteiger partial charge in [-0.1, -0.05) is 71.7 Å². The summed E-state index contributed by atoms with van der Waals surface area (Å²) in [5, 5.41) is 1.94. The Morgan fingerprint density at radius 2 is 1.53 bits per heavy atom. The first-order valence-corrected chi connectivity index (χ1v) is 12.5. The Balaban J connectivity index is 2.03. The molecule has 0 N–H and O–H groups in total. The second kappa shape index (κ2) is 8.16. The first kappa shape index (κ1) is 21.1. The van der Waals surface area contributed by atoms with Crippen LogP contribution in [-0.2, 0) is 9.84 Å². The van der Waals surface area contributed by atoms with E-state index in [1.54, 1.807) is 18.2 Å².